The van der Waals surface area contributed by atoms with Crippen LogP contribution in [0, 0.1) is 0 Å². The van der Waals surface area contributed by atoms with Crippen LogP contribution in [-0.4, -0.2) is 34.4 Å². The molecule has 1 aromatic carbocycles. The summed E-state index contributed by atoms with van der Waals surface area (Å²) in [5.41, 5.74) is 1.82. The number of methoxy groups -OCH3 is 1. The molecule has 32 heavy (non-hydrogen) atoms. The van der Waals surface area contributed by atoms with Crippen LogP contribution in [-0.2, 0) is 17.6 Å². The van der Waals surface area contributed by atoms with E-state index in [1.54, 1.807) is 23.0 Å². The van der Waals surface area contributed by atoms with E-state index in [1.165, 1.54) is 35.0 Å². The molecule has 1 amide bonds. The molecule has 3 aromatic rings. The highest BCUT2D eigenvalue weighted by molar-refractivity contribution is 7.99. The van der Waals surface area contributed by atoms with Crippen molar-refractivity contribution in [1.29, 1.82) is 0 Å². The van der Waals surface area contributed by atoms with E-state index in [0.29, 0.717) is 16.6 Å². The van der Waals surface area contributed by atoms with E-state index in [-0.39, 0.29) is 23.3 Å². The molecule has 2 aromatic heterocycles. The zero-order valence-corrected chi connectivity index (χ0v) is 19.8. The maximum Gasteiger partial charge on any atom is 0.267 e. The highest BCUT2D eigenvalue weighted by atomic mass is 32.2. The van der Waals surface area contributed by atoms with Crippen molar-refractivity contribution in [2.45, 2.75) is 62.6 Å². The lowest BCUT2D eigenvalue weighted by Gasteiger charge is -2.15. The first-order valence-corrected chi connectivity index (χ1v) is 13.1. The van der Waals surface area contributed by atoms with Crippen LogP contribution in [0.2, 0.25) is 0 Å². The molecular formula is C24H27N3O3S2. The summed E-state index contributed by atoms with van der Waals surface area (Å²) < 4.78 is 7.04. The van der Waals surface area contributed by atoms with Crippen molar-refractivity contribution >= 4 is 39.2 Å². The van der Waals surface area contributed by atoms with Gasteiger partial charge in [-0.05, 0) is 56.2 Å². The first-order chi connectivity index (χ1) is 15.6. The largest absolute Gasteiger partial charge is 0.497 e. The normalized spacial score (nSPS) is 16.3. The maximum absolute atomic E-state index is 13.8. The van der Waals surface area contributed by atoms with E-state index in [1.807, 2.05) is 24.3 Å². The third-order valence-electron chi connectivity index (χ3n) is 6.32. The van der Waals surface area contributed by atoms with Gasteiger partial charge >= 0.3 is 0 Å². The highest BCUT2D eigenvalue weighted by Crippen LogP contribution is 2.35. The number of aryl methyl sites for hydroxylation is 2. The van der Waals surface area contributed by atoms with Crippen molar-refractivity contribution in [3.63, 3.8) is 0 Å². The number of thiophene rings is 1. The van der Waals surface area contributed by atoms with Crippen molar-refractivity contribution < 1.29 is 9.53 Å². The molecule has 2 aliphatic rings. The molecule has 1 N–H and O–H groups in total. The van der Waals surface area contributed by atoms with Crippen LogP contribution >= 0.6 is 23.1 Å². The van der Waals surface area contributed by atoms with Gasteiger partial charge in [0.25, 0.3) is 5.56 Å². The van der Waals surface area contributed by atoms with E-state index >= 15 is 0 Å². The summed E-state index contributed by atoms with van der Waals surface area (Å²) in [6, 6.07) is 7.74. The lowest BCUT2D eigenvalue weighted by atomic mass is 9.97. The van der Waals surface area contributed by atoms with E-state index in [9.17, 15) is 9.59 Å². The van der Waals surface area contributed by atoms with Gasteiger partial charge in [0.05, 0.1) is 23.9 Å². The molecule has 0 spiro atoms. The number of thioether (sulfide) groups is 1. The molecule has 0 radical (unpaired) electrons. The number of carbonyl (C=O) groups excluding carboxylic acids is 1. The molecule has 0 aliphatic heterocycles. The first kappa shape index (κ1) is 21.5. The van der Waals surface area contributed by atoms with Crippen molar-refractivity contribution in [3.05, 3.63) is 45.1 Å². The van der Waals surface area contributed by atoms with Gasteiger partial charge in [-0.2, -0.15) is 0 Å². The predicted octanol–water partition coefficient (Wildman–Crippen LogP) is 4.49. The standard InChI is InChI=1S/C24H27N3O3S2/c1-30-17-10-6-9-16(13-17)27-23(29)21-18-11-4-5-12-19(18)32-22(21)26-24(27)31-14-20(28)25-15-7-2-3-8-15/h6,9-10,13,15H,2-5,7-8,11-12,14H2,1H3,(H,25,28). The Labute approximate surface area is 195 Å². The molecule has 6 nitrogen and oxygen atoms in total. The summed E-state index contributed by atoms with van der Waals surface area (Å²) in [4.78, 5) is 33.3. The highest BCUT2D eigenvalue weighted by Gasteiger charge is 2.24. The number of benzene rings is 1. The van der Waals surface area contributed by atoms with Gasteiger partial charge in [0, 0.05) is 17.0 Å². The molecule has 0 bridgehead atoms. The number of amides is 1. The van der Waals surface area contributed by atoms with E-state index in [2.05, 4.69) is 5.32 Å². The molecule has 168 valence electrons. The van der Waals surface area contributed by atoms with E-state index in [4.69, 9.17) is 9.72 Å². The quantitative estimate of drug-likeness (QED) is 0.426. The lowest BCUT2D eigenvalue weighted by Crippen LogP contribution is -2.34. The number of aromatic nitrogens is 2. The minimum absolute atomic E-state index is 0.00101. The molecule has 0 unspecified atom stereocenters. The van der Waals surface area contributed by atoms with Gasteiger partial charge in [0.2, 0.25) is 5.91 Å². The second kappa shape index (κ2) is 9.27. The number of fused-ring (bicyclic) bond motifs is 3. The first-order valence-electron chi connectivity index (χ1n) is 11.3. The number of ether oxygens (including phenoxy) is 1. The summed E-state index contributed by atoms with van der Waals surface area (Å²) in [5.74, 6) is 0.916. The number of nitrogens with one attached hydrogen (secondary N) is 1. The summed E-state index contributed by atoms with van der Waals surface area (Å²) in [5, 5.41) is 4.42. The van der Waals surface area contributed by atoms with Crippen LogP contribution in [0.25, 0.3) is 15.9 Å². The Morgan fingerprint density at radius 2 is 2.06 bits per heavy atom. The third kappa shape index (κ3) is 4.18. The number of rotatable bonds is 6. The number of nitrogens with zero attached hydrogens (tertiary/aromatic N) is 2. The molecule has 2 aliphatic carbocycles. The second-order valence-electron chi connectivity index (χ2n) is 8.47. The monoisotopic (exact) mass is 469 g/mol. The van der Waals surface area contributed by atoms with Crippen LogP contribution in [0.15, 0.2) is 34.2 Å². The van der Waals surface area contributed by atoms with Gasteiger partial charge in [0.1, 0.15) is 10.6 Å². The van der Waals surface area contributed by atoms with Crippen LogP contribution in [0.4, 0.5) is 0 Å². The fourth-order valence-electron chi connectivity index (χ4n) is 4.73. The summed E-state index contributed by atoms with van der Waals surface area (Å²) in [6.07, 6.45) is 8.67. The Morgan fingerprint density at radius 1 is 1.25 bits per heavy atom. The van der Waals surface area contributed by atoms with Crippen LogP contribution in [0.5, 0.6) is 5.75 Å². The molecule has 1 fully saturated rings. The Kier molecular flexibility index (Phi) is 6.24. The molecule has 8 heteroatoms. The van der Waals surface area contributed by atoms with Crippen LogP contribution in [0.1, 0.15) is 49.0 Å². The summed E-state index contributed by atoms with van der Waals surface area (Å²) in [6.45, 7) is 0. The van der Waals surface area contributed by atoms with Gasteiger partial charge in [0.15, 0.2) is 5.16 Å². The maximum atomic E-state index is 13.8. The minimum atomic E-state index is -0.0543. The average Bonchev–Trinajstić information content (AvgIpc) is 3.45. The predicted molar refractivity (Wildman–Crippen MR) is 130 cm³/mol. The molecule has 1 saturated carbocycles. The third-order valence-corrected chi connectivity index (χ3v) is 8.45. The van der Waals surface area contributed by atoms with Crippen molar-refractivity contribution in [2.24, 2.45) is 0 Å². The fourth-order valence-corrected chi connectivity index (χ4v) is 6.86. The summed E-state index contributed by atoms with van der Waals surface area (Å²) in [7, 11) is 1.61. The Morgan fingerprint density at radius 3 is 2.88 bits per heavy atom. The number of hydrogen-bond donors (Lipinski definition) is 1. The van der Waals surface area contributed by atoms with Gasteiger partial charge < -0.3 is 10.1 Å². The van der Waals surface area contributed by atoms with E-state index < -0.39 is 0 Å². The molecule has 0 saturated heterocycles. The molecule has 0 atom stereocenters. The minimum Gasteiger partial charge on any atom is -0.497 e. The van der Waals surface area contributed by atoms with Crippen molar-refractivity contribution in [3.8, 4) is 11.4 Å². The second-order valence-corrected chi connectivity index (χ2v) is 10.5. The Balaban J connectivity index is 1.55. The average molecular weight is 470 g/mol. The Hall–Kier alpha value is -2.32. The van der Waals surface area contributed by atoms with Crippen LogP contribution in [0.3, 0.4) is 0 Å². The zero-order chi connectivity index (χ0) is 22.1. The van der Waals surface area contributed by atoms with Gasteiger partial charge in [-0.25, -0.2) is 4.98 Å². The summed E-state index contributed by atoms with van der Waals surface area (Å²) >= 11 is 2.96. The number of carbonyl (C=O) groups is 1. The SMILES string of the molecule is COc1cccc(-n2c(SCC(=O)NC3CCCC3)nc3sc4c(c3c2=O)CCCC4)c1. The zero-order valence-electron chi connectivity index (χ0n) is 18.2. The lowest BCUT2D eigenvalue weighted by molar-refractivity contribution is -0.119. The van der Waals surface area contributed by atoms with Crippen molar-refractivity contribution in [2.75, 3.05) is 12.9 Å². The Bertz CT molecular complexity index is 1210. The van der Waals surface area contributed by atoms with Crippen molar-refractivity contribution in [1.82, 2.24) is 14.9 Å². The van der Waals surface area contributed by atoms with Gasteiger partial charge in [-0.3, -0.25) is 14.2 Å². The number of hydrogen-bond acceptors (Lipinski definition) is 6. The molecular weight excluding hydrogens is 442 g/mol. The topological polar surface area (TPSA) is 73.2 Å². The molecule has 2 heterocycles. The molecule has 5 rings (SSSR count). The van der Waals surface area contributed by atoms with Crippen LogP contribution < -0.4 is 15.6 Å². The van der Waals surface area contributed by atoms with Gasteiger partial charge in [-0.15, -0.1) is 11.3 Å². The fraction of sp³-hybridized carbons (Fsp3) is 0.458. The van der Waals surface area contributed by atoms with Gasteiger partial charge in [-0.1, -0.05) is 30.7 Å². The van der Waals surface area contributed by atoms with E-state index in [0.717, 1.165) is 48.7 Å². The smallest absolute Gasteiger partial charge is 0.267 e.